The summed E-state index contributed by atoms with van der Waals surface area (Å²) in [5, 5.41) is 12.5. The highest BCUT2D eigenvalue weighted by molar-refractivity contribution is 5.49. The molecule has 0 amide bonds. The molecule has 0 bridgehead atoms. The molecular weight excluding hydrogens is 288 g/mol. The molecule has 5 heteroatoms. The van der Waals surface area contributed by atoms with Crippen LogP contribution in [0.2, 0.25) is 0 Å². The first kappa shape index (κ1) is 17.8. The number of aromatic nitrogens is 1. The van der Waals surface area contributed by atoms with Gasteiger partial charge in [-0.15, -0.1) is 0 Å². The Bertz CT molecular complexity index is 488. The summed E-state index contributed by atoms with van der Waals surface area (Å²) in [5.41, 5.74) is 2.42. The first-order valence-electron chi connectivity index (χ1n) is 8.49. The molecule has 128 valence electrons. The molecule has 23 heavy (non-hydrogen) atoms. The maximum Gasteiger partial charge on any atom is 0.126 e. The molecule has 5 nitrogen and oxygen atoms in total. The number of aliphatic hydroxyl groups is 1. The Morgan fingerprint density at radius 1 is 1.39 bits per heavy atom. The van der Waals surface area contributed by atoms with Gasteiger partial charge in [0.1, 0.15) is 5.82 Å². The van der Waals surface area contributed by atoms with E-state index in [1.807, 2.05) is 24.2 Å². The molecule has 2 heterocycles. The van der Waals surface area contributed by atoms with Crippen molar-refractivity contribution in [1.82, 2.24) is 9.88 Å². The average molecular weight is 318 g/mol. The number of aliphatic hydroxyl groups excluding tert-OH is 1. The van der Waals surface area contributed by atoms with Crippen LogP contribution in [-0.4, -0.2) is 60.9 Å². The Labute approximate surface area is 140 Å². The van der Waals surface area contributed by atoms with E-state index in [2.05, 4.69) is 41.2 Å². The second-order valence-corrected chi connectivity index (χ2v) is 6.55. The van der Waals surface area contributed by atoms with Gasteiger partial charge in [-0.2, -0.15) is 0 Å². The largest absolute Gasteiger partial charge is 0.395 e. The Hall–Kier alpha value is -1.59. The maximum absolute atomic E-state index is 8.98. The number of pyridine rings is 1. The lowest BCUT2D eigenvalue weighted by atomic mass is 10.0. The highest BCUT2D eigenvalue weighted by atomic mass is 16.3. The van der Waals surface area contributed by atoms with Gasteiger partial charge >= 0.3 is 0 Å². The summed E-state index contributed by atoms with van der Waals surface area (Å²) in [5.74, 6) is 0.939. The fourth-order valence-electron chi connectivity index (χ4n) is 2.76. The lowest BCUT2D eigenvalue weighted by Gasteiger charge is -2.32. The summed E-state index contributed by atoms with van der Waals surface area (Å²) < 4.78 is 0. The molecule has 1 aromatic heterocycles. The molecule has 2 rings (SSSR count). The molecule has 1 aliphatic heterocycles. The van der Waals surface area contributed by atoms with Gasteiger partial charge < -0.3 is 15.3 Å². The van der Waals surface area contributed by atoms with E-state index >= 15 is 0 Å². The number of likely N-dealkylation sites (tertiary alicyclic amines) is 1. The van der Waals surface area contributed by atoms with Crippen LogP contribution < -0.4 is 10.2 Å². The molecule has 1 aliphatic rings. The van der Waals surface area contributed by atoms with E-state index in [1.54, 1.807) is 0 Å². The highest BCUT2D eigenvalue weighted by Gasteiger charge is 2.18. The minimum absolute atomic E-state index is 0.155. The van der Waals surface area contributed by atoms with Crippen LogP contribution >= 0.6 is 0 Å². The van der Waals surface area contributed by atoms with Crippen molar-refractivity contribution >= 4 is 11.5 Å². The standard InChI is InChI=1S/C18H30N4O/c1-15(2)6-9-22-10-7-16(8-11-22)20-18-5-4-17(14-19-18)21(3)12-13-23/h4-6,14,16,23H,7-13H2,1-3H3,(H,19,20). The predicted molar refractivity (Wildman–Crippen MR) is 97.1 cm³/mol. The zero-order valence-electron chi connectivity index (χ0n) is 14.6. The third-order valence-electron chi connectivity index (χ3n) is 4.32. The molecule has 0 unspecified atom stereocenters. The van der Waals surface area contributed by atoms with E-state index < -0.39 is 0 Å². The Morgan fingerprint density at radius 3 is 2.70 bits per heavy atom. The molecule has 0 atom stereocenters. The van der Waals surface area contributed by atoms with Gasteiger partial charge in [0.2, 0.25) is 0 Å². The van der Waals surface area contributed by atoms with Crippen LogP contribution in [0.4, 0.5) is 11.5 Å². The minimum atomic E-state index is 0.155. The molecule has 0 aliphatic carbocycles. The lowest BCUT2D eigenvalue weighted by molar-refractivity contribution is 0.239. The van der Waals surface area contributed by atoms with E-state index in [-0.39, 0.29) is 6.61 Å². The van der Waals surface area contributed by atoms with Crippen LogP contribution in [0.15, 0.2) is 30.0 Å². The zero-order chi connectivity index (χ0) is 16.7. The second-order valence-electron chi connectivity index (χ2n) is 6.55. The summed E-state index contributed by atoms with van der Waals surface area (Å²) in [6.07, 6.45) is 6.48. The lowest BCUT2D eigenvalue weighted by Crippen LogP contribution is -2.39. The Kier molecular flexibility index (Phi) is 6.86. The van der Waals surface area contributed by atoms with Gasteiger partial charge in [0.25, 0.3) is 0 Å². The number of nitrogens with one attached hydrogen (secondary N) is 1. The van der Waals surface area contributed by atoms with Crippen molar-refractivity contribution in [2.24, 2.45) is 0 Å². The minimum Gasteiger partial charge on any atom is -0.395 e. The van der Waals surface area contributed by atoms with Crippen LogP contribution in [0.5, 0.6) is 0 Å². The fraction of sp³-hybridized carbons (Fsp3) is 0.611. The summed E-state index contributed by atoms with van der Waals surface area (Å²) in [4.78, 5) is 9.00. The number of rotatable bonds is 7. The van der Waals surface area contributed by atoms with Crippen molar-refractivity contribution < 1.29 is 5.11 Å². The summed E-state index contributed by atoms with van der Waals surface area (Å²) >= 11 is 0. The first-order valence-corrected chi connectivity index (χ1v) is 8.49. The van der Waals surface area contributed by atoms with Crippen LogP contribution in [0.25, 0.3) is 0 Å². The fourth-order valence-corrected chi connectivity index (χ4v) is 2.76. The molecule has 1 saturated heterocycles. The number of nitrogens with zero attached hydrogens (tertiary/aromatic N) is 3. The van der Waals surface area contributed by atoms with Crippen molar-refractivity contribution in [1.29, 1.82) is 0 Å². The van der Waals surface area contributed by atoms with E-state index in [4.69, 9.17) is 5.11 Å². The monoisotopic (exact) mass is 318 g/mol. The molecule has 0 aromatic carbocycles. The number of hydrogen-bond acceptors (Lipinski definition) is 5. The number of anilines is 2. The number of likely N-dealkylation sites (N-methyl/N-ethyl adjacent to an activating group) is 1. The van der Waals surface area contributed by atoms with Crippen molar-refractivity contribution in [3.05, 3.63) is 30.0 Å². The number of allylic oxidation sites excluding steroid dienone is 1. The Morgan fingerprint density at radius 2 is 2.13 bits per heavy atom. The van der Waals surface area contributed by atoms with Crippen molar-refractivity contribution in [3.63, 3.8) is 0 Å². The van der Waals surface area contributed by atoms with Gasteiger partial charge in [0.15, 0.2) is 0 Å². The van der Waals surface area contributed by atoms with Gasteiger partial charge in [0, 0.05) is 39.3 Å². The second kappa shape index (κ2) is 8.89. The van der Waals surface area contributed by atoms with Crippen LogP contribution in [0.1, 0.15) is 26.7 Å². The van der Waals surface area contributed by atoms with Crippen LogP contribution in [-0.2, 0) is 0 Å². The Balaban J connectivity index is 1.79. The number of piperidine rings is 1. The first-order chi connectivity index (χ1) is 11.1. The maximum atomic E-state index is 8.98. The molecular formula is C18H30N4O. The molecule has 0 spiro atoms. The van der Waals surface area contributed by atoms with Crippen molar-refractivity contribution in [3.8, 4) is 0 Å². The van der Waals surface area contributed by atoms with E-state index in [0.717, 1.165) is 44.0 Å². The van der Waals surface area contributed by atoms with Gasteiger partial charge in [-0.1, -0.05) is 11.6 Å². The molecule has 1 aromatic rings. The van der Waals surface area contributed by atoms with E-state index in [9.17, 15) is 0 Å². The van der Waals surface area contributed by atoms with Gasteiger partial charge in [-0.3, -0.25) is 4.90 Å². The molecule has 1 fully saturated rings. The van der Waals surface area contributed by atoms with Crippen molar-refractivity contribution in [2.45, 2.75) is 32.7 Å². The topological polar surface area (TPSA) is 51.6 Å². The summed E-state index contributed by atoms with van der Waals surface area (Å²) in [6, 6.07) is 4.58. The summed E-state index contributed by atoms with van der Waals surface area (Å²) in [6.45, 7) is 8.43. The average Bonchev–Trinajstić information content (AvgIpc) is 2.55. The van der Waals surface area contributed by atoms with E-state index in [1.165, 1.54) is 5.57 Å². The third kappa shape index (κ3) is 5.84. The predicted octanol–water partition coefficient (Wildman–Crippen LogP) is 2.35. The van der Waals surface area contributed by atoms with Gasteiger partial charge in [-0.05, 0) is 38.8 Å². The SMILES string of the molecule is CC(C)=CCN1CCC(Nc2ccc(N(C)CCO)cn2)CC1. The van der Waals surface area contributed by atoms with Gasteiger partial charge in [-0.25, -0.2) is 4.98 Å². The van der Waals surface area contributed by atoms with E-state index in [0.29, 0.717) is 12.6 Å². The zero-order valence-corrected chi connectivity index (χ0v) is 14.6. The molecule has 2 N–H and O–H groups in total. The normalized spacial score (nSPS) is 16.2. The number of hydrogen-bond donors (Lipinski definition) is 2. The van der Waals surface area contributed by atoms with Crippen molar-refractivity contribution in [2.75, 3.05) is 50.1 Å². The van der Waals surface area contributed by atoms with Crippen LogP contribution in [0, 0.1) is 0 Å². The van der Waals surface area contributed by atoms with Gasteiger partial charge in [0.05, 0.1) is 18.5 Å². The smallest absolute Gasteiger partial charge is 0.126 e. The molecule has 0 radical (unpaired) electrons. The molecule has 0 saturated carbocycles. The summed E-state index contributed by atoms with van der Waals surface area (Å²) in [7, 11) is 1.96. The quantitative estimate of drug-likeness (QED) is 0.756. The van der Waals surface area contributed by atoms with Crippen LogP contribution in [0.3, 0.4) is 0 Å². The highest BCUT2D eigenvalue weighted by Crippen LogP contribution is 2.18. The third-order valence-corrected chi connectivity index (χ3v) is 4.32.